The van der Waals surface area contributed by atoms with Crippen molar-refractivity contribution < 1.29 is 27.6 Å². The number of anilines is 1. The van der Waals surface area contributed by atoms with Gasteiger partial charge in [-0.2, -0.15) is 13.2 Å². The third-order valence-electron chi connectivity index (χ3n) is 7.51. The summed E-state index contributed by atoms with van der Waals surface area (Å²) in [6, 6.07) is 11.1. The van der Waals surface area contributed by atoms with Gasteiger partial charge in [0, 0.05) is 10.9 Å². The van der Waals surface area contributed by atoms with Crippen LogP contribution in [0.2, 0.25) is 0 Å². The molecule has 11 nitrogen and oxygen atoms in total. The molecule has 1 aromatic heterocycles. The van der Waals surface area contributed by atoms with Gasteiger partial charge in [-0.3, -0.25) is 19.4 Å². The monoisotopic (exact) mass is 630 g/mol. The Bertz CT molecular complexity index is 1420. The van der Waals surface area contributed by atoms with E-state index in [-0.39, 0.29) is 38.9 Å². The molecular formula is C31H41F3N8O3. The summed E-state index contributed by atoms with van der Waals surface area (Å²) in [4.78, 5) is 43.8. The second-order valence-electron chi connectivity index (χ2n) is 11.0. The van der Waals surface area contributed by atoms with E-state index in [1.165, 1.54) is 18.3 Å². The molecule has 11 N–H and O–H groups in total. The van der Waals surface area contributed by atoms with Gasteiger partial charge in [0.25, 0.3) is 0 Å². The van der Waals surface area contributed by atoms with Crippen molar-refractivity contribution >= 4 is 34.3 Å². The zero-order valence-electron chi connectivity index (χ0n) is 24.9. The smallest absolute Gasteiger partial charge is 0.350 e. The molecule has 3 rings (SSSR count). The molecule has 3 aromatic rings. The maximum atomic E-state index is 13.4. The minimum atomic E-state index is -4.48. The van der Waals surface area contributed by atoms with Gasteiger partial charge < -0.3 is 38.9 Å². The molecule has 0 aliphatic rings. The molecule has 2 aromatic carbocycles. The van der Waals surface area contributed by atoms with Crippen LogP contribution in [0.25, 0.3) is 10.9 Å². The lowest BCUT2D eigenvalue weighted by atomic mass is 9.87. The van der Waals surface area contributed by atoms with Gasteiger partial charge in [0.2, 0.25) is 17.7 Å². The number of hydrogen-bond acceptors (Lipinski definition) is 8. The molecule has 0 unspecified atom stereocenters. The first-order valence-electron chi connectivity index (χ1n) is 14.7. The Labute approximate surface area is 259 Å². The third kappa shape index (κ3) is 10.5. The SMILES string of the molecule is NCCC(CCN)(CCN)NC(=O)C[C@H](N)C(=O)N[C@@H](CCc1ccc(C(F)(F)F)cc1)C(=O)Nc1cnc2ccccc2c1. The number of amides is 3. The summed E-state index contributed by atoms with van der Waals surface area (Å²) < 4.78 is 39.0. The van der Waals surface area contributed by atoms with Gasteiger partial charge in [0.05, 0.1) is 35.4 Å². The van der Waals surface area contributed by atoms with Crippen molar-refractivity contribution in [2.24, 2.45) is 22.9 Å². The van der Waals surface area contributed by atoms with Crippen molar-refractivity contribution in [3.05, 3.63) is 71.9 Å². The number of nitrogens with two attached hydrogens (primary N) is 4. The van der Waals surface area contributed by atoms with E-state index in [1.807, 2.05) is 24.3 Å². The van der Waals surface area contributed by atoms with Gasteiger partial charge in [-0.25, -0.2) is 0 Å². The average molecular weight is 631 g/mol. The number of carbonyl (C=O) groups excluding carboxylic acids is 3. The molecule has 1 heterocycles. The van der Waals surface area contributed by atoms with E-state index in [1.54, 1.807) is 6.07 Å². The lowest BCUT2D eigenvalue weighted by Crippen LogP contribution is -2.55. The van der Waals surface area contributed by atoms with Crippen LogP contribution in [0.5, 0.6) is 0 Å². The van der Waals surface area contributed by atoms with Crippen molar-refractivity contribution in [3.8, 4) is 0 Å². The first kappa shape index (κ1) is 35.4. The molecule has 2 atom stereocenters. The van der Waals surface area contributed by atoms with Crippen LogP contribution in [0.3, 0.4) is 0 Å². The lowest BCUT2D eigenvalue weighted by molar-refractivity contribution is -0.137. The Hall–Kier alpha value is -4.11. The zero-order chi connectivity index (χ0) is 33.0. The summed E-state index contributed by atoms with van der Waals surface area (Å²) in [6.07, 6.45) is -1.88. The highest BCUT2D eigenvalue weighted by molar-refractivity contribution is 5.99. The first-order valence-corrected chi connectivity index (χ1v) is 14.7. The normalized spacial score (nSPS) is 13.2. The highest BCUT2D eigenvalue weighted by Crippen LogP contribution is 2.29. The molecule has 14 heteroatoms. The van der Waals surface area contributed by atoms with Crippen LogP contribution < -0.4 is 38.9 Å². The number of carbonyl (C=O) groups is 3. The number of rotatable bonds is 16. The summed E-state index contributed by atoms with van der Waals surface area (Å²) in [6.45, 7) is 0.861. The van der Waals surface area contributed by atoms with E-state index < -0.39 is 47.1 Å². The fourth-order valence-electron chi connectivity index (χ4n) is 5.12. The number of hydrogen-bond donors (Lipinski definition) is 7. The number of halogens is 3. The number of nitrogens with zero attached hydrogens (tertiary/aromatic N) is 1. The number of benzene rings is 2. The van der Waals surface area contributed by atoms with E-state index in [4.69, 9.17) is 22.9 Å². The number of aromatic nitrogens is 1. The average Bonchev–Trinajstić information content (AvgIpc) is 2.99. The molecule has 244 valence electrons. The van der Waals surface area contributed by atoms with E-state index in [0.29, 0.717) is 30.5 Å². The van der Waals surface area contributed by atoms with Crippen LogP contribution in [0.1, 0.15) is 43.2 Å². The van der Waals surface area contributed by atoms with Gasteiger partial charge in [-0.1, -0.05) is 30.3 Å². The van der Waals surface area contributed by atoms with Crippen LogP contribution in [0.15, 0.2) is 60.8 Å². The van der Waals surface area contributed by atoms with Gasteiger partial charge in [-0.15, -0.1) is 0 Å². The van der Waals surface area contributed by atoms with Crippen molar-refractivity contribution in [1.29, 1.82) is 0 Å². The molecule has 0 saturated carbocycles. The van der Waals surface area contributed by atoms with Crippen LogP contribution >= 0.6 is 0 Å². The molecule has 0 saturated heterocycles. The van der Waals surface area contributed by atoms with Gasteiger partial charge in [-0.05, 0) is 81.6 Å². The minimum absolute atomic E-state index is 0.0372. The Morgan fingerprint density at radius 1 is 0.867 bits per heavy atom. The second kappa shape index (κ2) is 16.3. The standard InChI is InChI=1S/C31H41F3N8O3/c32-31(33,34)22-8-5-20(6-9-22)7-10-26(29(45)40-23-17-21-3-1-2-4-25(21)39-19-23)41-28(44)24(38)18-27(43)42-30(11-14-35,12-15-36)13-16-37/h1-6,8-9,17,19,24,26H,7,10-16,18,35-38H2,(H,40,45)(H,41,44)(H,42,43)/t24-,26-/m0/s1. The Kier molecular flexibility index (Phi) is 12.8. The quantitative estimate of drug-likeness (QED) is 0.124. The maximum Gasteiger partial charge on any atom is 0.416 e. The highest BCUT2D eigenvalue weighted by atomic mass is 19.4. The molecule has 3 amide bonds. The number of fused-ring (bicyclic) bond motifs is 1. The Morgan fingerprint density at radius 2 is 1.49 bits per heavy atom. The molecule has 0 aliphatic heterocycles. The van der Waals surface area contributed by atoms with Crippen LogP contribution in [0, 0.1) is 0 Å². The Morgan fingerprint density at radius 3 is 2.09 bits per heavy atom. The second-order valence-corrected chi connectivity index (χ2v) is 11.0. The van der Waals surface area contributed by atoms with Gasteiger partial charge in [0.15, 0.2) is 0 Å². The molecule has 45 heavy (non-hydrogen) atoms. The summed E-state index contributed by atoms with van der Waals surface area (Å²) in [5, 5.41) is 9.02. The number of alkyl halides is 3. The number of nitrogens with one attached hydrogen (secondary N) is 3. The largest absolute Gasteiger partial charge is 0.416 e. The fourth-order valence-corrected chi connectivity index (χ4v) is 5.12. The molecule has 0 aliphatic carbocycles. The molecule has 0 spiro atoms. The van der Waals surface area contributed by atoms with E-state index in [2.05, 4.69) is 20.9 Å². The topological polar surface area (TPSA) is 204 Å². The van der Waals surface area contributed by atoms with Crippen molar-refractivity contribution in [2.75, 3.05) is 25.0 Å². The third-order valence-corrected chi connectivity index (χ3v) is 7.51. The zero-order valence-corrected chi connectivity index (χ0v) is 24.9. The summed E-state index contributed by atoms with van der Waals surface area (Å²) in [5.41, 5.74) is 23.4. The lowest BCUT2D eigenvalue weighted by Gasteiger charge is -2.34. The number of para-hydroxylation sites is 1. The van der Waals surface area contributed by atoms with Gasteiger partial charge >= 0.3 is 6.18 Å². The van der Waals surface area contributed by atoms with E-state index >= 15 is 0 Å². The molecular weight excluding hydrogens is 589 g/mol. The highest BCUT2D eigenvalue weighted by Gasteiger charge is 2.32. The van der Waals surface area contributed by atoms with Gasteiger partial charge in [0.1, 0.15) is 6.04 Å². The number of pyridine rings is 1. The van der Waals surface area contributed by atoms with Crippen molar-refractivity contribution in [3.63, 3.8) is 0 Å². The Balaban J connectivity index is 1.73. The molecule has 0 fully saturated rings. The van der Waals surface area contributed by atoms with Crippen LogP contribution in [-0.2, 0) is 27.0 Å². The predicted molar refractivity (Wildman–Crippen MR) is 167 cm³/mol. The molecule has 0 radical (unpaired) electrons. The first-order chi connectivity index (χ1) is 21.4. The van der Waals surface area contributed by atoms with Crippen LogP contribution in [-0.4, -0.2) is 60.0 Å². The predicted octanol–water partition coefficient (Wildman–Crippen LogP) is 1.93. The molecule has 0 bridgehead atoms. The summed E-state index contributed by atoms with van der Waals surface area (Å²) >= 11 is 0. The van der Waals surface area contributed by atoms with Crippen LogP contribution in [0.4, 0.5) is 18.9 Å². The van der Waals surface area contributed by atoms with E-state index in [9.17, 15) is 27.6 Å². The van der Waals surface area contributed by atoms with E-state index in [0.717, 1.165) is 23.0 Å². The fraction of sp³-hybridized carbons (Fsp3) is 0.419. The minimum Gasteiger partial charge on any atom is -0.350 e. The maximum absolute atomic E-state index is 13.4. The number of aryl methyl sites for hydroxylation is 1. The van der Waals surface area contributed by atoms with Crippen molar-refractivity contribution in [2.45, 2.75) is 62.3 Å². The summed E-state index contributed by atoms with van der Waals surface area (Å²) in [7, 11) is 0. The van der Waals surface area contributed by atoms with Crippen molar-refractivity contribution in [1.82, 2.24) is 15.6 Å². The summed E-state index contributed by atoms with van der Waals surface area (Å²) in [5.74, 6) is -1.84.